The normalized spacial score (nSPS) is 17.3. The highest BCUT2D eigenvalue weighted by atomic mass is 35.5. The maximum atomic E-state index is 12.5. The first-order chi connectivity index (χ1) is 12.3. The van der Waals surface area contributed by atoms with Crippen LogP contribution in [0, 0.1) is 0 Å². The number of rotatable bonds is 5. The summed E-state index contributed by atoms with van der Waals surface area (Å²) in [4.78, 5) is 12.5. The van der Waals surface area contributed by atoms with Gasteiger partial charge in [0.1, 0.15) is 5.75 Å². The van der Waals surface area contributed by atoms with E-state index >= 15 is 0 Å². The molecule has 1 unspecified atom stereocenters. The van der Waals surface area contributed by atoms with Crippen molar-refractivity contribution in [2.75, 3.05) is 0 Å². The lowest BCUT2D eigenvalue weighted by molar-refractivity contribution is -0.123. The number of ketones is 1. The third kappa shape index (κ3) is 3.95. The maximum absolute atomic E-state index is 12.5. The molecule has 1 atom stereocenters. The van der Waals surface area contributed by atoms with Gasteiger partial charge < -0.3 is 14.7 Å². The van der Waals surface area contributed by atoms with Crippen molar-refractivity contribution in [2.45, 2.75) is 11.9 Å². The summed E-state index contributed by atoms with van der Waals surface area (Å²) in [5.41, 5.74) is 6.47. The molecule has 0 aliphatic carbocycles. The number of halogens is 2. The Morgan fingerprint density at radius 1 is 1.12 bits per heavy atom. The summed E-state index contributed by atoms with van der Waals surface area (Å²) in [6.07, 6.45) is -1.19. The predicted molar refractivity (Wildman–Crippen MR) is 96.7 cm³/mol. The summed E-state index contributed by atoms with van der Waals surface area (Å²) in [5, 5.41) is 0.573. The second-order valence-electron chi connectivity index (χ2n) is 5.49. The highest BCUT2D eigenvalue weighted by Gasteiger charge is 2.40. The van der Waals surface area contributed by atoms with Gasteiger partial charge in [-0.25, -0.2) is 0 Å². The van der Waals surface area contributed by atoms with E-state index in [-0.39, 0.29) is 5.02 Å². The smallest absolute Gasteiger partial charge is 0.313 e. The molecule has 2 aromatic carbocycles. The number of hydrogen-bond donors (Lipinski definition) is 1. The molecule has 0 fully saturated rings. The molecule has 1 aliphatic rings. The van der Waals surface area contributed by atoms with Crippen LogP contribution < -0.4 is 5.73 Å². The standard InChI is InChI=1S/C17H13Cl2NO5S/c18-11-6-7-12(13(19)8-11)15-14(21)16(17(20)24-15)25-26(22,23)9-10-4-2-1-3-5-10/h1-8,15H,9,20H2. The highest BCUT2D eigenvalue weighted by molar-refractivity contribution is 7.86. The fourth-order valence-corrected chi connectivity index (χ4v) is 4.00. The van der Waals surface area contributed by atoms with E-state index in [1.165, 1.54) is 18.2 Å². The zero-order valence-electron chi connectivity index (χ0n) is 13.2. The van der Waals surface area contributed by atoms with Crippen LogP contribution in [0.4, 0.5) is 0 Å². The first-order valence-corrected chi connectivity index (χ1v) is 9.72. The molecule has 0 radical (unpaired) electrons. The largest absolute Gasteiger partial charge is 0.460 e. The summed E-state index contributed by atoms with van der Waals surface area (Å²) < 4.78 is 34.7. The molecule has 0 spiro atoms. The van der Waals surface area contributed by atoms with Crippen LogP contribution in [-0.4, -0.2) is 14.2 Å². The monoisotopic (exact) mass is 413 g/mol. The Hall–Kier alpha value is -2.22. The van der Waals surface area contributed by atoms with Gasteiger partial charge in [-0.2, -0.15) is 8.42 Å². The van der Waals surface area contributed by atoms with E-state index in [4.69, 9.17) is 37.9 Å². The second-order valence-corrected chi connectivity index (χ2v) is 7.91. The fourth-order valence-electron chi connectivity index (χ4n) is 2.41. The summed E-state index contributed by atoms with van der Waals surface area (Å²) in [7, 11) is -4.10. The number of ether oxygens (including phenoxy) is 1. The minimum absolute atomic E-state index is 0.192. The third-order valence-corrected chi connectivity index (χ3v) is 5.24. The lowest BCUT2D eigenvalue weighted by Crippen LogP contribution is -2.16. The van der Waals surface area contributed by atoms with E-state index in [0.717, 1.165) is 0 Å². The first kappa shape index (κ1) is 18.6. The molecular weight excluding hydrogens is 401 g/mol. The Labute approximate surface area is 160 Å². The van der Waals surface area contributed by atoms with Crippen LogP contribution in [0.5, 0.6) is 0 Å². The van der Waals surface area contributed by atoms with Gasteiger partial charge in [0.25, 0.3) is 0 Å². The van der Waals surface area contributed by atoms with Crippen LogP contribution in [0.15, 0.2) is 60.2 Å². The first-order valence-electron chi connectivity index (χ1n) is 7.38. The van der Waals surface area contributed by atoms with E-state index in [2.05, 4.69) is 0 Å². The number of Topliss-reactive ketones (excluding diaryl/α,β-unsaturated/α-hetero) is 1. The molecule has 0 saturated heterocycles. The highest BCUT2D eigenvalue weighted by Crippen LogP contribution is 2.36. The SMILES string of the molecule is NC1=C(OS(=O)(=O)Cc2ccccc2)C(=O)C(c2ccc(Cl)cc2Cl)O1. The van der Waals surface area contributed by atoms with Crippen LogP contribution in [0.1, 0.15) is 17.2 Å². The van der Waals surface area contributed by atoms with Crippen molar-refractivity contribution in [3.63, 3.8) is 0 Å². The molecule has 9 heteroatoms. The maximum Gasteiger partial charge on any atom is 0.313 e. The van der Waals surface area contributed by atoms with E-state index in [1.54, 1.807) is 30.3 Å². The Balaban J connectivity index is 1.80. The van der Waals surface area contributed by atoms with E-state index in [0.29, 0.717) is 16.1 Å². The fraction of sp³-hybridized carbons (Fsp3) is 0.118. The molecule has 26 heavy (non-hydrogen) atoms. The number of benzene rings is 2. The molecule has 0 amide bonds. The van der Waals surface area contributed by atoms with E-state index < -0.39 is 39.4 Å². The van der Waals surface area contributed by atoms with Crippen LogP contribution in [0.2, 0.25) is 10.0 Å². The van der Waals surface area contributed by atoms with Crippen molar-refractivity contribution in [1.29, 1.82) is 0 Å². The number of carbonyl (C=O) groups excluding carboxylic acids is 1. The van der Waals surface area contributed by atoms with Crippen molar-refractivity contribution in [3.05, 3.63) is 81.3 Å². The van der Waals surface area contributed by atoms with Gasteiger partial charge in [0.2, 0.25) is 17.4 Å². The van der Waals surface area contributed by atoms with E-state index in [1.807, 2.05) is 0 Å². The predicted octanol–water partition coefficient (Wildman–Crippen LogP) is 3.31. The molecular formula is C17H13Cl2NO5S. The Bertz CT molecular complexity index is 989. The van der Waals surface area contributed by atoms with Crippen LogP contribution in [0.3, 0.4) is 0 Å². The Morgan fingerprint density at radius 2 is 1.81 bits per heavy atom. The van der Waals surface area contributed by atoms with Crippen molar-refractivity contribution < 1.29 is 22.1 Å². The molecule has 2 N–H and O–H groups in total. The summed E-state index contributed by atoms with van der Waals surface area (Å²) >= 11 is 11.9. The lowest BCUT2D eigenvalue weighted by atomic mass is 10.1. The third-order valence-electron chi connectivity index (χ3n) is 3.57. The molecule has 6 nitrogen and oxygen atoms in total. The zero-order valence-corrected chi connectivity index (χ0v) is 15.5. The van der Waals surface area contributed by atoms with Gasteiger partial charge in [0.15, 0.2) is 6.10 Å². The average molecular weight is 414 g/mol. The van der Waals surface area contributed by atoms with Gasteiger partial charge in [-0.05, 0) is 17.7 Å². The minimum Gasteiger partial charge on any atom is -0.460 e. The number of nitrogens with two attached hydrogens (primary N) is 1. The molecule has 3 rings (SSSR count). The Kier molecular flexibility index (Phi) is 5.13. The van der Waals surface area contributed by atoms with Crippen LogP contribution >= 0.6 is 23.2 Å². The number of hydrogen-bond acceptors (Lipinski definition) is 6. The van der Waals surface area contributed by atoms with Gasteiger partial charge in [0.05, 0.1) is 0 Å². The van der Waals surface area contributed by atoms with Crippen molar-refractivity contribution in [1.82, 2.24) is 0 Å². The molecule has 1 aliphatic heterocycles. The topological polar surface area (TPSA) is 95.7 Å². The van der Waals surface area contributed by atoms with Crippen molar-refractivity contribution in [2.24, 2.45) is 5.73 Å². The van der Waals surface area contributed by atoms with E-state index in [9.17, 15) is 13.2 Å². The van der Waals surface area contributed by atoms with Gasteiger partial charge in [0, 0.05) is 15.6 Å². The quantitative estimate of drug-likeness (QED) is 0.755. The molecule has 2 aromatic rings. The summed E-state index contributed by atoms with van der Waals surface area (Å²) in [6.45, 7) is 0. The second kappa shape index (κ2) is 7.19. The lowest BCUT2D eigenvalue weighted by Gasteiger charge is -2.12. The average Bonchev–Trinajstić information content (AvgIpc) is 2.83. The van der Waals surface area contributed by atoms with Gasteiger partial charge in [-0.3, -0.25) is 4.79 Å². The molecule has 136 valence electrons. The van der Waals surface area contributed by atoms with Gasteiger partial charge >= 0.3 is 10.1 Å². The Morgan fingerprint density at radius 3 is 2.46 bits per heavy atom. The molecule has 0 saturated carbocycles. The van der Waals surface area contributed by atoms with Crippen molar-refractivity contribution in [3.8, 4) is 0 Å². The van der Waals surface area contributed by atoms with Gasteiger partial charge in [-0.15, -0.1) is 0 Å². The molecule has 1 heterocycles. The molecule has 0 bridgehead atoms. The minimum atomic E-state index is -4.10. The van der Waals surface area contributed by atoms with Crippen molar-refractivity contribution >= 4 is 39.1 Å². The zero-order chi connectivity index (χ0) is 18.9. The van der Waals surface area contributed by atoms with Crippen LogP contribution in [-0.2, 0) is 29.6 Å². The number of carbonyl (C=O) groups is 1. The van der Waals surface area contributed by atoms with Gasteiger partial charge in [-0.1, -0.05) is 59.6 Å². The summed E-state index contributed by atoms with van der Waals surface area (Å²) in [5.74, 6) is -2.12. The van der Waals surface area contributed by atoms with Crippen LogP contribution in [0.25, 0.3) is 0 Å². The molecule has 0 aromatic heterocycles. The summed E-state index contributed by atoms with van der Waals surface area (Å²) in [6, 6.07) is 12.9.